The molecule has 3 aromatic rings. The van der Waals surface area contributed by atoms with E-state index < -0.39 is 0 Å². The van der Waals surface area contributed by atoms with Crippen molar-refractivity contribution < 1.29 is 0 Å². The van der Waals surface area contributed by atoms with Crippen molar-refractivity contribution in [3.05, 3.63) is 42.7 Å². The number of rotatable bonds is 4. The van der Waals surface area contributed by atoms with Gasteiger partial charge in [-0.05, 0) is 50.2 Å². The summed E-state index contributed by atoms with van der Waals surface area (Å²) in [6.07, 6.45) is 9.24. The molecule has 2 fully saturated rings. The molecule has 0 atom stereocenters. The average molecular weight is 377 g/mol. The molecule has 0 radical (unpaired) electrons. The Hall–Kier alpha value is -2.60. The van der Waals surface area contributed by atoms with E-state index in [1.54, 1.807) is 0 Å². The molecule has 1 N–H and O–H groups in total. The van der Waals surface area contributed by atoms with Gasteiger partial charge in [-0.1, -0.05) is 12.8 Å². The van der Waals surface area contributed by atoms with Crippen molar-refractivity contribution in [2.75, 3.05) is 43.4 Å². The maximum absolute atomic E-state index is 4.82. The van der Waals surface area contributed by atoms with Crippen LogP contribution < -0.4 is 10.2 Å². The minimum Gasteiger partial charge on any atom is -0.369 e. The summed E-state index contributed by atoms with van der Waals surface area (Å²) >= 11 is 0. The summed E-state index contributed by atoms with van der Waals surface area (Å²) < 4.78 is 2.34. The molecule has 1 aromatic carbocycles. The summed E-state index contributed by atoms with van der Waals surface area (Å²) in [7, 11) is 2.18. The van der Waals surface area contributed by atoms with Crippen LogP contribution in [-0.2, 0) is 0 Å². The van der Waals surface area contributed by atoms with Gasteiger partial charge >= 0.3 is 0 Å². The van der Waals surface area contributed by atoms with Crippen molar-refractivity contribution in [1.29, 1.82) is 0 Å². The Labute approximate surface area is 166 Å². The number of nitrogens with zero attached hydrogens (tertiary/aromatic N) is 5. The molecule has 5 rings (SSSR count). The van der Waals surface area contributed by atoms with Gasteiger partial charge in [0.2, 0.25) is 5.95 Å². The highest BCUT2D eigenvalue weighted by Gasteiger charge is 2.19. The highest BCUT2D eigenvalue weighted by molar-refractivity contribution is 5.77. The molecule has 0 amide bonds. The molecule has 146 valence electrons. The Bertz CT molecular complexity index is 933. The highest BCUT2D eigenvalue weighted by Crippen LogP contribution is 2.32. The first-order valence-corrected chi connectivity index (χ1v) is 10.4. The number of fused-ring (bicyclic) bond motifs is 1. The molecule has 1 aliphatic carbocycles. The zero-order valence-electron chi connectivity index (χ0n) is 16.5. The normalized spacial score (nSPS) is 18.8. The minimum absolute atomic E-state index is 0.586. The maximum Gasteiger partial charge on any atom is 0.229 e. The van der Waals surface area contributed by atoms with Gasteiger partial charge in [-0.25, -0.2) is 4.98 Å². The van der Waals surface area contributed by atoms with Crippen LogP contribution in [0.4, 0.5) is 17.3 Å². The Kier molecular flexibility index (Phi) is 4.64. The zero-order chi connectivity index (χ0) is 18.9. The third-order valence-corrected chi connectivity index (χ3v) is 6.17. The molecule has 0 spiro atoms. The van der Waals surface area contributed by atoms with Gasteiger partial charge in [-0.2, -0.15) is 4.98 Å². The second kappa shape index (κ2) is 7.43. The first-order chi connectivity index (χ1) is 13.8. The summed E-state index contributed by atoms with van der Waals surface area (Å²) in [6, 6.07) is 11.3. The number of aromatic nitrogens is 3. The molecular weight excluding hydrogens is 348 g/mol. The Balaban J connectivity index is 1.32. The molecule has 6 heteroatoms. The Morgan fingerprint density at radius 3 is 2.46 bits per heavy atom. The van der Waals surface area contributed by atoms with E-state index >= 15 is 0 Å². The lowest BCUT2D eigenvalue weighted by molar-refractivity contribution is 0.313. The number of hydrogen-bond acceptors (Lipinski definition) is 5. The zero-order valence-corrected chi connectivity index (χ0v) is 16.5. The quantitative estimate of drug-likeness (QED) is 0.745. The van der Waals surface area contributed by atoms with Crippen LogP contribution in [0.15, 0.2) is 42.7 Å². The second-order valence-electron chi connectivity index (χ2n) is 8.10. The third-order valence-electron chi connectivity index (χ3n) is 6.17. The number of likely N-dealkylation sites (N-methyl/N-ethyl adjacent to an activating group) is 1. The van der Waals surface area contributed by atoms with Crippen LogP contribution in [0.1, 0.15) is 31.7 Å². The van der Waals surface area contributed by atoms with Crippen molar-refractivity contribution >= 4 is 28.4 Å². The van der Waals surface area contributed by atoms with Crippen LogP contribution in [0.5, 0.6) is 0 Å². The molecule has 0 bridgehead atoms. The molecule has 1 aliphatic heterocycles. The van der Waals surface area contributed by atoms with E-state index in [2.05, 4.69) is 68.2 Å². The van der Waals surface area contributed by atoms with Crippen molar-refractivity contribution in [2.24, 2.45) is 0 Å². The molecule has 1 saturated carbocycles. The lowest BCUT2D eigenvalue weighted by Crippen LogP contribution is -2.44. The number of hydrogen-bond donors (Lipinski definition) is 1. The fourth-order valence-corrected chi connectivity index (χ4v) is 4.42. The summed E-state index contributed by atoms with van der Waals surface area (Å²) in [4.78, 5) is 14.2. The van der Waals surface area contributed by atoms with Gasteiger partial charge in [0.25, 0.3) is 0 Å². The fraction of sp³-hybridized carbons (Fsp3) is 0.455. The Morgan fingerprint density at radius 2 is 1.71 bits per heavy atom. The van der Waals surface area contributed by atoms with Crippen LogP contribution in [0.3, 0.4) is 0 Å². The highest BCUT2D eigenvalue weighted by atomic mass is 15.2. The predicted molar refractivity (Wildman–Crippen MR) is 114 cm³/mol. The number of nitrogens with one attached hydrogen (secondary N) is 1. The van der Waals surface area contributed by atoms with Gasteiger partial charge in [0.05, 0.1) is 0 Å². The number of piperazine rings is 1. The summed E-state index contributed by atoms with van der Waals surface area (Å²) in [5.74, 6) is 0.665. The van der Waals surface area contributed by atoms with Crippen LogP contribution in [0, 0.1) is 0 Å². The first kappa shape index (κ1) is 17.5. The lowest BCUT2D eigenvalue weighted by atomic mass is 10.2. The van der Waals surface area contributed by atoms with E-state index in [4.69, 9.17) is 4.98 Å². The van der Waals surface area contributed by atoms with Crippen molar-refractivity contribution in [3.8, 4) is 0 Å². The lowest BCUT2D eigenvalue weighted by Gasteiger charge is -2.34. The average Bonchev–Trinajstić information content (AvgIpc) is 3.38. The number of benzene rings is 1. The van der Waals surface area contributed by atoms with E-state index in [-0.39, 0.29) is 0 Å². The standard InChI is InChI=1S/C22H28N6/c1-26-12-14-27(15-13-26)19-8-6-18(7-9-19)24-22-23-16-17-10-11-28(21(17)25-22)20-4-2-3-5-20/h6-11,16,20H,2-5,12-15H2,1H3,(H,23,24,25). The van der Waals surface area contributed by atoms with Gasteiger partial charge in [0, 0.05) is 61.4 Å². The molecule has 28 heavy (non-hydrogen) atoms. The minimum atomic E-state index is 0.586. The smallest absolute Gasteiger partial charge is 0.229 e. The molecule has 6 nitrogen and oxygen atoms in total. The second-order valence-corrected chi connectivity index (χ2v) is 8.10. The van der Waals surface area contributed by atoms with Gasteiger partial charge < -0.3 is 19.7 Å². The van der Waals surface area contributed by atoms with Crippen LogP contribution >= 0.6 is 0 Å². The van der Waals surface area contributed by atoms with Gasteiger partial charge in [0.1, 0.15) is 5.65 Å². The predicted octanol–water partition coefficient (Wildman–Crippen LogP) is 4.04. The molecule has 2 aromatic heterocycles. The van der Waals surface area contributed by atoms with Crippen molar-refractivity contribution in [3.63, 3.8) is 0 Å². The largest absolute Gasteiger partial charge is 0.369 e. The van der Waals surface area contributed by atoms with E-state index in [9.17, 15) is 0 Å². The summed E-state index contributed by atoms with van der Waals surface area (Å²) in [6.45, 7) is 4.41. The van der Waals surface area contributed by atoms with Crippen molar-refractivity contribution in [1.82, 2.24) is 19.4 Å². The van der Waals surface area contributed by atoms with E-state index in [0.29, 0.717) is 12.0 Å². The summed E-state index contributed by atoms with van der Waals surface area (Å²) in [5, 5.41) is 4.49. The Morgan fingerprint density at radius 1 is 0.964 bits per heavy atom. The van der Waals surface area contributed by atoms with Crippen LogP contribution in [0.2, 0.25) is 0 Å². The van der Waals surface area contributed by atoms with Gasteiger partial charge in [-0.15, -0.1) is 0 Å². The van der Waals surface area contributed by atoms with E-state index in [0.717, 1.165) is 42.9 Å². The molecule has 0 unspecified atom stereocenters. The van der Waals surface area contributed by atoms with E-state index in [1.165, 1.54) is 31.4 Å². The molecular formula is C22H28N6. The SMILES string of the molecule is CN1CCN(c2ccc(Nc3ncc4ccn(C5CCCC5)c4n3)cc2)CC1. The van der Waals surface area contributed by atoms with Crippen LogP contribution in [-0.4, -0.2) is 52.7 Å². The molecule has 2 aliphatic rings. The van der Waals surface area contributed by atoms with Crippen LogP contribution in [0.25, 0.3) is 11.0 Å². The molecule has 1 saturated heterocycles. The molecule has 3 heterocycles. The van der Waals surface area contributed by atoms with E-state index in [1.807, 2.05) is 6.20 Å². The van der Waals surface area contributed by atoms with Gasteiger partial charge in [0.15, 0.2) is 0 Å². The third kappa shape index (κ3) is 3.44. The topological polar surface area (TPSA) is 49.2 Å². The first-order valence-electron chi connectivity index (χ1n) is 10.4. The van der Waals surface area contributed by atoms with Crippen molar-refractivity contribution in [2.45, 2.75) is 31.7 Å². The summed E-state index contributed by atoms with van der Waals surface area (Å²) in [5.41, 5.74) is 3.35. The maximum atomic E-state index is 4.82. The monoisotopic (exact) mass is 376 g/mol. The fourth-order valence-electron chi connectivity index (χ4n) is 4.42. The van der Waals surface area contributed by atoms with Gasteiger partial charge in [-0.3, -0.25) is 0 Å². The number of anilines is 3.